The van der Waals surface area contributed by atoms with Crippen LogP contribution in [0.1, 0.15) is 5.56 Å². The molecule has 0 saturated heterocycles. The molecule has 98 valence electrons. The Kier molecular flexibility index (Phi) is 4.47. The highest BCUT2D eigenvalue weighted by atomic mass is 32.2. The van der Waals surface area contributed by atoms with Crippen molar-refractivity contribution in [3.63, 3.8) is 0 Å². The van der Waals surface area contributed by atoms with E-state index >= 15 is 0 Å². The third-order valence-corrected chi connectivity index (χ3v) is 3.38. The Hall–Kier alpha value is -1.94. The summed E-state index contributed by atoms with van der Waals surface area (Å²) in [7, 11) is 1.53. The maximum atomic E-state index is 9.95. The van der Waals surface area contributed by atoms with Crippen LogP contribution in [0.15, 0.2) is 52.4 Å². The minimum atomic E-state index is 0.106. The van der Waals surface area contributed by atoms with Crippen LogP contribution in [-0.4, -0.2) is 24.7 Å². The lowest BCUT2D eigenvalue weighted by atomic mass is 10.2. The van der Waals surface area contributed by atoms with Crippen molar-refractivity contribution < 1.29 is 9.84 Å². The maximum Gasteiger partial charge on any atom is 0.166 e. The predicted octanol–water partition coefficient (Wildman–Crippen LogP) is 3.87. The van der Waals surface area contributed by atoms with Gasteiger partial charge in [0, 0.05) is 16.7 Å². The molecule has 0 fully saturated rings. The number of phenolic OH excluding ortho intramolecular Hbond substituents is 1. The number of para-hydroxylation sites is 1. The van der Waals surface area contributed by atoms with Gasteiger partial charge in [-0.05, 0) is 36.6 Å². The van der Waals surface area contributed by atoms with Crippen molar-refractivity contribution in [3.05, 3.63) is 48.0 Å². The number of aromatic hydroxyl groups is 1. The number of thioether (sulfide) groups is 1. The summed E-state index contributed by atoms with van der Waals surface area (Å²) in [5, 5.41) is 9.95. The monoisotopic (exact) mass is 273 g/mol. The summed E-state index contributed by atoms with van der Waals surface area (Å²) in [5.41, 5.74) is 1.49. The third-order valence-electron chi connectivity index (χ3n) is 2.66. The van der Waals surface area contributed by atoms with Gasteiger partial charge in [-0.2, -0.15) is 0 Å². The quantitative estimate of drug-likeness (QED) is 0.679. The average molecular weight is 273 g/mol. The number of ether oxygens (including phenoxy) is 1. The molecule has 0 saturated carbocycles. The van der Waals surface area contributed by atoms with Crippen LogP contribution in [0.2, 0.25) is 0 Å². The molecular weight excluding hydrogens is 258 g/mol. The lowest BCUT2D eigenvalue weighted by Gasteiger charge is -2.05. The Bertz CT molecular complexity index is 596. The smallest absolute Gasteiger partial charge is 0.166 e. The predicted molar refractivity (Wildman–Crippen MR) is 80.1 cm³/mol. The van der Waals surface area contributed by atoms with E-state index in [0.717, 1.165) is 10.6 Å². The van der Waals surface area contributed by atoms with Crippen molar-refractivity contribution in [2.24, 2.45) is 4.99 Å². The van der Waals surface area contributed by atoms with Crippen LogP contribution in [0.3, 0.4) is 0 Å². The van der Waals surface area contributed by atoms with Crippen molar-refractivity contribution in [1.82, 2.24) is 0 Å². The summed E-state index contributed by atoms with van der Waals surface area (Å²) in [6.45, 7) is 0. The number of phenols is 1. The zero-order chi connectivity index (χ0) is 13.7. The van der Waals surface area contributed by atoms with Gasteiger partial charge in [0.05, 0.1) is 12.8 Å². The summed E-state index contributed by atoms with van der Waals surface area (Å²) < 4.78 is 5.06. The van der Waals surface area contributed by atoms with Crippen LogP contribution in [0.25, 0.3) is 0 Å². The molecule has 4 heteroatoms. The molecule has 0 spiro atoms. The Labute approximate surface area is 117 Å². The van der Waals surface area contributed by atoms with E-state index in [1.807, 2.05) is 36.6 Å². The molecule has 0 amide bonds. The molecule has 2 aromatic carbocycles. The van der Waals surface area contributed by atoms with Crippen LogP contribution < -0.4 is 4.74 Å². The second-order valence-corrected chi connectivity index (χ2v) is 4.74. The lowest BCUT2D eigenvalue weighted by molar-refractivity contribution is 0.373. The van der Waals surface area contributed by atoms with Crippen molar-refractivity contribution in [2.45, 2.75) is 4.90 Å². The van der Waals surface area contributed by atoms with E-state index in [1.54, 1.807) is 30.1 Å². The van der Waals surface area contributed by atoms with Gasteiger partial charge in [-0.25, -0.2) is 0 Å². The Morgan fingerprint density at radius 1 is 1.21 bits per heavy atom. The summed E-state index contributed by atoms with van der Waals surface area (Å²) >= 11 is 1.67. The molecule has 2 rings (SSSR count). The SMILES string of the molecule is COc1cccc(C=Nc2cccc(SC)c2)c1O. The van der Waals surface area contributed by atoms with Gasteiger partial charge in [0.1, 0.15) is 0 Å². The van der Waals surface area contributed by atoms with E-state index in [1.165, 1.54) is 7.11 Å². The van der Waals surface area contributed by atoms with E-state index in [4.69, 9.17) is 4.74 Å². The highest BCUT2D eigenvalue weighted by Crippen LogP contribution is 2.28. The minimum Gasteiger partial charge on any atom is -0.504 e. The van der Waals surface area contributed by atoms with E-state index in [2.05, 4.69) is 4.99 Å². The summed E-state index contributed by atoms with van der Waals surface area (Å²) in [6.07, 6.45) is 3.66. The standard InChI is InChI=1S/C15H15NO2S/c1-18-14-8-3-5-11(15(14)17)10-16-12-6-4-7-13(9-12)19-2/h3-10,17H,1-2H3. The largest absolute Gasteiger partial charge is 0.504 e. The van der Waals surface area contributed by atoms with Gasteiger partial charge < -0.3 is 9.84 Å². The van der Waals surface area contributed by atoms with Crippen molar-refractivity contribution in [1.29, 1.82) is 0 Å². The number of hydrogen-bond acceptors (Lipinski definition) is 4. The Balaban J connectivity index is 2.27. The van der Waals surface area contributed by atoms with Crippen molar-refractivity contribution >= 4 is 23.7 Å². The van der Waals surface area contributed by atoms with Gasteiger partial charge in [0.2, 0.25) is 0 Å². The van der Waals surface area contributed by atoms with Gasteiger partial charge >= 0.3 is 0 Å². The van der Waals surface area contributed by atoms with E-state index in [-0.39, 0.29) is 5.75 Å². The molecule has 0 unspecified atom stereocenters. The lowest BCUT2D eigenvalue weighted by Crippen LogP contribution is -1.88. The third kappa shape index (κ3) is 3.29. The summed E-state index contributed by atoms with van der Waals surface area (Å²) in [4.78, 5) is 5.52. The Morgan fingerprint density at radius 3 is 2.74 bits per heavy atom. The number of hydrogen-bond donors (Lipinski definition) is 1. The molecule has 0 aliphatic carbocycles. The highest BCUT2D eigenvalue weighted by molar-refractivity contribution is 7.98. The molecule has 0 heterocycles. The fourth-order valence-electron chi connectivity index (χ4n) is 1.64. The molecule has 1 N–H and O–H groups in total. The summed E-state index contributed by atoms with van der Waals surface area (Å²) in [5.74, 6) is 0.552. The van der Waals surface area contributed by atoms with Crippen LogP contribution in [-0.2, 0) is 0 Å². The normalized spacial score (nSPS) is 10.8. The number of nitrogens with zero attached hydrogens (tertiary/aromatic N) is 1. The average Bonchev–Trinajstić information content (AvgIpc) is 2.46. The highest BCUT2D eigenvalue weighted by Gasteiger charge is 2.04. The molecule has 0 aromatic heterocycles. The molecular formula is C15H15NO2S. The number of aliphatic imine (C=N–C) groups is 1. The van der Waals surface area contributed by atoms with Crippen molar-refractivity contribution in [2.75, 3.05) is 13.4 Å². The second-order valence-electron chi connectivity index (χ2n) is 3.86. The first-order chi connectivity index (χ1) is 9.24. The molecule has 0 aliphatic rings. The first kappa shape index (κ1) is 13.5. The fourth-order valence-corrected chi connectivity index (χ4v) is 2.10. The zero-order valence-electron chi connectivity index (χ0n) is 10.8. The van der Waals surface area contributed by atoms with Crippen molar-refractivity contribution in [3.8, 4) is 11.5 Å². The van der Waals surface area contributed by atoms with Gasteiger partial charge in [-0.3, -0.25) is 4.99 Å². The van der Waals surface area contributed by atoms with Gasteiger partial charge in [0.15, 0.2) is 11.5 Å². The molecule has 0 atom stereocenters. The van der Waals surface area contributed by atoms with Crippen LogP contribution >= 0.6 is 11.8 Å². The fraction of sp³-hybridized carbons (Fsp3) is 0.133. The number of rotatable bonds is 4. The van der Waals surface area contributed by atoms with Gasteiger partial charge in [-0.15, -0.1) is 11.8 Å². The van der Waals surface area contributed by atoms with Gasteiger partial charge in [-0.1, -0.05) is 12.1 Å². The van der Waals surface area contributed by atoms with Gasteiger partial charge in [0.25, 0.3) is 0 Å². The first-order valence-corrected chi connectivity index (χ1v) is 7.01. The van der Waals surface area contributed by atoms with E-state index < -0.39 is 0 Å². The summed E-state index contributed by atoms with van der Waals surface area (Å²) in [6, 6.07) is 13.2. The maximum absolute atomic E-state index is 9.95. The number of methoxy groups -OCH3 is 1. The minimum absolute atomic E-state index is 0.106. The molecule has 3 nitrogen and oxygen atoms in total. The van der Waals surface area contributed by atoms with E-state index in [9.17, 15) is 5.11 Å². The van der Waals surface area contributed by atoms with Crippen LogP contribution in [0.4, 0.5) is 5.69 Å². The molecule has 19 heavy (non-hydrogen) atoms. The van der Waals surface area contributed by atoms with Crippen LogP contribution in [0, 0.1) is 0 Å². The van der Waals surface area contributed by atoms with Crippen LogP contribution in [0.5, 0.6) is 11.5 Å². The molecule has 2 aromatic rings. The second kappa shape index (κ2) is 6.29. The molecule has 0 bridgehead atoms. The Morgan fingerprint density at radius 2 is 2.00 bits per heavy atom. The molecule has 0 aliphatic heterocycles. The first-order valence-electron chi connectivity index (χ1n) is 5.78. The number of benzene rings is 2. The topological polar surface area (TPSA) is 41.8 Å². The zero-order valence-corrected chi connectivity index (χ0v) is 11.6. The molecule has 0 radical (unpaired) electrons. The van der Waals surface area contributed by atoms with E-state index in [0.29, 0.717) is 11.3 Å².